The van der Waals surface area contributed by atoms with Crippen LogP contribution in [0.2, 0.25) is 0 Å². The standard InChI is InChI=1S/C22H29N/c1-7-12-15-21-16(6)18(13-8-2)22-17(10-4)19(14-9-3)20(11-5)23(21)22/h10-15H,4,7-9H2,1-3,5-6H3/b15-12-,18-13-,19-14-,20-11+. The van der Waals surface area contributed by atoms with Crippen LogP contribution < -0.4 is 15.8 Å². The number of fused-ring (bicyclic) bond motifs is 1. The van der Waals surface area contributed by atoms with Gasteiger partial charge in [0.15, 0.2) is 0 Å². The molecule has 0 aliphatic carbocycles. The molecule has 0 saturated carbocycles. The summed E-state index contributed by atoms with van der Waals surface area (Å²) in [5, 5.41) is 3.96. The molecule has 23 heavy (non-hydrogen) atoms. The maximum atomic E-state index is 4.09. The van der Waals surface area contributed by atoms with Gasteiger partial charge in [0, 0.05) is 27.0 Å². The lowest BCUT2D eigenvalue weighted by molar-refractivity contribution is 1.12. The first-order valence-corrected chi connectivity index (χ1v) is 8.78. The third-order valence-electron chi connectivity index (χ3n) is 4.38. The predicted octanol–water partition coefficient (Wildman–Crippen LogP) is 4.21. The Balaban J connectivity index is 3.20. The molecule has 2 rings (SSSR count). The van der Waals surface area contributed by atoms with Crippen molar-refractivity contribution >= 4 is 35.9 Å². The van der Waals surface area contributed by atoms with Gasteiger partial charge in [-0.2, -0.15) is 0 Å². The van der Waals surface area contributed by atoms with Crippen molar-refractivity contribution in [3.63, 3.8) is 0 Å². The largest absolute Gasteiger partial charge is 0.309 e. The summed E-state index contributed by atoms with van der Waals surface area (Å²) < 4.78 is 2.42. The van der Waals surface area contributed by atoms with Crippen LogP contribution in [0.3, 0.4) is 0 Å². The van der Waals surface area contributed by atoms with E-state index in [1.807, 2.05) is 6.08 Å². The molecule has 0 fully saturated rings. The molecule has 0 spiro atoms. The smallest absolute Gasteiger partial charge is 0.0613 e. The number of hydrogen-bond donors (Lipinski definition) is 0. The minimum Gasteiger partial charge on any atom is -0.309 e. The molecule has 0 atom stereocenters. The van der Waals surface area contributed by atoms with E-state index in [0.29, 0.717) is 0 Å². The van der Waals surface area contributed by atoms with Crippen molar-refractivity contribution in [2.24, 2.45) is 0 Å². The molecule has 0 bridgehead atoms. The molecular formula is C22H29N. The van der Waals surface area contributed by atoms with Crippen LogP contribution in [-0.4, -0.2) is 4.40 Å². The molecule has 122 valence electrons. The second kappa shape index (κ2) is 7.50. The molecule has 0 unspecified atom stereocenters. The monoisotopic (exact) mass is 307 g/mol. The summed E-state index contributed by atoms with van der Waals surface area (Å²) in [4.78, 5) is 0. The van der Waals surface area contributed by atoms with Crippen molar-refractivity contribution < 1.29 is 0 Å². The topological polar surface area (TPSA) is 4.41 Å². The lowest BCUT2D eigenvalue weighted by atomic mass is 10.1. The van der Waals surface area contributed by atoms with Crippen LogP contribution in [0.5, 0.6) is 0 Å². The van der Waals surface area contributed by atoms with E-state index in [4.69, 9.17) is 0 Å². The molecule has 0 aromatic carbocycles. The summed E-state index contributed by atoms with van der Waals surface area (Å²) in [5.41, 5.74) is 5.23. The van der Waals surface area contributed by atoms with Gasteiger partial charge in [0.25, 0.3) is 0 Å². The van der Waals surface area contributed by atoms with E-state index < -0.39 is 0 Å². The SMILES string of the molecule is C=Cc1c(=C/CC)/c(=C\C)n2c(/C=C\CC)c(C)/c(=C/CC)c12. The summed E-state index contributed by atoms with van der Waals surface area (Å²) >= 11 is 0. The molecule has 0 amide bonds. The Morgan fingerprint density at radius 2 is 1.65 bits per heavy atom. The molecular weight excluding hydrogens is 278 g/mol. The van der Waals surface area contributed by atoms with Crippen LogP contribution in [0.25, 0.3) is 35.9 Å². The van der Waals surface area contributed by atoms with Crippen molar-refractivity contribution in [1.82, 2.24) is 4.40 Å². The first-order chi connectivity index (χ1) is 11.2. The van der Waals surface area contributed by atoms with Crippen LogP contribution in [0.1, 0.15) is 63.8 Å². The summed E-state index contributed by atoms with van der Waals surface area (Å²) in [6, 6.07) is 0. The Morgan fingerprint density at radius 3 is 2.17 bits per heavy atom. The van der Waals surface area contributed by atoms with Crippen molar-refractivity contribution in [3.05, 3.63) is 45.3 Å². The second-order valence-electron chi connectivity index (χ2n) is 5.85. The summed E-state index contributed by atoms with van der Waals surface area (Å²) in [6.45, 7) is 15.0. The van der Waals surface area contributed by atoms with Crippen molar-refractivity contribution in [3.8, 4) is 0 Å². The molecule has 1 nitrogen and oxygen atoms in total. The molecule has 0 aliphatic heterocycles. The first-order valence-electron chi connectivity index (χ1n) is 8.78. The van der Waals surface area contributed by atoms with Gasteiger partial charge in [-0.1, -0.05) is 57.7 Å². The average Bonchev–Trinajstić information content (AvgIpc) is 2.99. The fourth-order valence-corrected chi connectivity index (χ4v) is 3.42. The van der Waals surface area contributed by atoms with Gasteiger partial charge < -0.3 is 4.40 Å². The Labute approximate surface area is 140 Å². The molecule has 2 heterocycles. The van der Waals surface area contributed by atoms with Crippen LogP contribution in [-0.2, 0) is 0 Å². The summed E-state index contributed by atoms with van der Waals surface area (Å²) in [7, 11) is 0. The molecule has 1 heteroatoms. The van der Waals surface area contributed by atoms with Crippen LogP contribution in [0.15, 0.2) is 12.7 Å². The molecule has 2 aromatic heterocycles. The number of aromatic nitrogens is 1. The fourth-order valence-electron chi connectivity index (χ4n) is 3.42. The van der Waals surface area contributed by atoms with Crippen molar-refractivity contribution in [2.45, 2.75) is 53.9 Å². The van der Waals surface area contributed by atoms with E-state index in [0.717, 1.165) is 19.3 Å². The van der Waals surface area contributed by atoms with Gasteiger partial charge in [0.1, 0.15) is 0 Å². The third-order valence-corrected chi connectivity index (χ3v) is 4.38. The van der Waals surface area contributed by atoms with Gasteiger partial charge in [-0.15, -0.1) is 0 Å². The average molecular weight is 307 g/mol. The van der Waals surface area contributed by atoms with E-state index in [9.17, 15) is 0 Å². The number of rotatable bonds is 5. The van der Waals surface area contributed by atoms with Gasteiger partial charge in [0.05, 0.1) is 5.52 Å². The minimum atomic E-state index is 1.03. The highest BCUT2D eigenvalue weighted by molar-refractivity contribution is 5.77. The second-order valence-corrected chi connectivity index (χ2v) is 5.85. The normalized spacial score (nSPS) is 14.7. The lowest BCUT2D eigenvalue weighted by Crippen LogP contribution is -2.27. The van der Waals surface area contributed by atoms with Crippen LogP contribution in [0.4, 0.5) is 0 Å². The number of allylic oxidation sites excluding steroid dienone is 1. The summed E-state index contributed by atoms with van der Waals surface area (Å²) in [5.74, 6) is 0. The highest BCUT2D eigenvalue weighted by atomic mass is 14.9. The molecule has 2 aromatic rings. The Morgan fingerprint density at radius 1 is 1.00 bits per heavy atom. The van der Waals surface area contributed by atoms with Gasteiger partial charge in [-0.3, -0.25) is 0 Å². The van der Waals surface area contributed by atoms with Gasteiger partial charge in [-0.25, -0.2) is 0 Å². The highest BCUT2D eigenvalue weighted by Gasteiger charge is 2.15. The first kappa shape index (κ1) is 17.3. The third kappa shape index (κ3) is 2.81. The molecule has 0 saturated heterocycles. The fraction of sp³-hybridized carbons (Fsp3) is 0.364. The van der Waals surface area contributed by atoms with E-state index in [-0.39, 0.29) is 0 Å². The predicted molar refractivity (Wildman–Crippen MR) is 106 cm³/mol. The van der Waals surface area contributed by atoms with Gasteiger partial charge in [-0.05, 0) is 44.7 Å². The maximum Gasteiger partial charge on any atom is 0.0613 e. The molecule has 0 radical (unpaired) electrons. The number of nitrogens with zero attached hydrogens (tertiary/aromatic N) is 1. The zero-order valence-electron chi connectivity index (χ0n) is 15.2. The zero-order valence-corrected chi connectivity index (χ0v) is 15.2. The molecule has 0 N–H and O–H groups in total. The van der Waals surface area contributed by atoms with E-state index in [2.05, 4.69) is 76.0 Å². The zero-order chi connectivity index (χ0) is 17.0. The minimum absolute atomic E-state index is 1.03. The van der Waals surface area contributed by atoms with Crippen LogP contribution in [0, 0.1) is 6.92 Å². The Kier molecular flexibility index (Phi) is 5.65. The quantitative estimate of drug-likeness (QED) is 0.779. The van der Waals surface area contributed by atoms with E-state index in [1.54, 1.807) is 0 Å². The van der Waals surface area contributed by atoms with Gasteiger partial charge in [0.2, 0.25) is 0 Å². The highest BCUT2D eigenvalue weighted by Crippen LogP contribution is 2.14. The Hall–Kier alpha value is -2.02. The Bertz CT molecular complexity index is 904. The lowest BCUT2D eigenvalue weighted by Gasteiger charge is -1.96. The van der Waals surface area contributed by atoms with Crippen molar-refractivity contribution in [2.75, 3.05) is 0 Å². The molecule has 0 aliphatic rings. The van der Waals surface area contributed by atoms with Crippen molar-refractivity contribution in [1.29, 1.82) is 0 Å². The van der Waals surface area contributed by atoms with E-state index >= 15 is 0 Å². The number of hydrogen-bond acceptors (Lipinski definition) is 0. The van der Waals surface area contributed by atoms with Gasteiger partial charge >= 0.3 is 0 Å². The maximum absolute atomic E-state index is 4.09. The van der Waals surface area contributed by atoms with Crippen LogP contribution >= 0.6 is 0 Å². The van der Waals surface area contributed by atoms with E-state index in [1.165, 1.54) is 38.1 Å². The summed E-state index contributed by atoms with van der Waals surface area (Å²) in [6.07, 6.45) is 16.5.